The zero-order chi connectivity index (χ0) is 23.6. The van der Waals surface area contributed by atoms with Crippen LogP contribution in [0, 0.1) is 6.92 Å². The van der Waals surface area contributed by atoms with Gasteiger partial charge in [-0.15, -0.1) is 0 Å². The van der Waals surface area contributed by atoms with Gasteiger partial charge in [0.1, 0.15) is 0 Å². The number of nitrogens with one attached hydrogen (secondary N) is 2. The molecule has 0 unspecified atom stereocenters. The molecule has 1 aliphatic rings. The van der Waals surface area contributed by atoms with Crippen molar-refractivity contribution in [3.05, 3.63) is 77.4 Å². The number of phenols is 2. The van der Waals surface area contributed by atoms with E-state index in [1.165, 1.54) is 12.1 Å². The monoisotopic (exact) mass is 444 g/mol. The Morgan fingerprint density at radius 3 is 2.30 bits per heavy atom. The third-order valence-electron chi connectivity index (χ3n) is 6.20. The first-order chi connectivity index (χ1) is 15.8. The van der Waals surface area contributed by atoms with Gasteiger partial charge in [-0.3, -0.25) is 9.59 Å². The quantitative estimate of drug-likeness (QED) is 0.390. The van der Waals surface area contributed by atoms with Gasteiger partial charge in [-0.2, -0.15) is 0 Å². The van der Waals surface area contributed by atoms with Crippen LogP contribution >= 0.6 is 0 Å². The van der Waals surface area contributed by atoms with Crippen molar-refractivity contribution < 1.29 is 19.8 Å². The van der Waals surface area contributed by atoms with Crippen molar-refractivity contribution in [2.75, 3.05) is 11.9 Å². The fourth-order valence-corrected chi connectivity index (χ4v) is 4.00. The van der Waals surface area contributed by atoms with E-state index in [0.717, 1.165) is 23.1 Å². The number of anilines is 1. The van der Waals surface area contributed by atoms with Gasteiger partial charge >= 0.3 is 0 Å². The van der Waals surface area contributed by atoms with E-state index in [-0.39, 0.29) is 23.3 Å². The molecule has 0 aliphatic heterocycles. The molecule has 1 aliphatic carbocycles. The van der Waals surface area contributed by atoms with Crippen LogP contribution in [0.3, 0.4) is 0 Å². The molecule has 0 heterocycles. The van der Waals surface area contributed by atoms with Gasteiger partial charge in [0, 0.05) is 17.8 Å². The Labute approximate surface area is 193 Å². The predicted molar refractivity (Wildman–Crippen MR) is 129 cm³/mol. The normalized spacial score (nSPS) is 13.9. The first kappa shape index (κ1) is 22.4. The first-order valence-corrected chi connectivity index (χ1v) is 11.2. The highest BCUT2D eigenvalue weighted by molar-refractivity contribution is 6.02. The molecule has 33 heavy (non-hydrogen) atoms. The molecule has 0 bridgehead atoms. The van der Waals surface area contributed by atoms with Crippen LogP contribution in [0.25, 0.3) is 11.1 Å². The second-order valence-electron chi connectivity index (χ2n) is 8.60. The fraction of sp³-hybridized carbons (Fsp3) is 0.259. The molecule has 0 atom stereocenters. The molecule has 6 nitrogen and oxygen atoms in total. The molecule has 4 N–H and O–H groups in total. The van der Waals surface area contributed by atoms with E-state index in [2.05, 4.69) is 10.6 Å². The topological polar surface area (TPSA) is 98.7 Å². The number of carbonyl (C=O) groups excluding carboxylic acids is 2. The summed E-state index contributed by atoms with van der Waals surface area (Å²) in [5.74, 6) is -0.649. The van der Waals surface area contributed by atoms with Crippen molar-refractivity contribution >= 4 is 17.5 Å². The van der Waals surface area contributed by atoms with Crippen molar-refractivity contribution in [1.82, 2.24) is 5.32 Å². The van der Waals surface area contributed by atoms with E-state index in [1.54, 1.807) is 6.07 Å². The van der Waals surface area contributed by atoms with E-state index in [0.29, 0.717) is 36.2 Å². The molecule has 0 spiro atoms. The molecule has 0 saturated heterocycles. The van der Waals surface area contributed by atoms with E-state index < -0.39 is 5.41 Å². The van der Waals surface area contributed by atoms with Crippen molar-refractivity contribution in [2.24, 2.45) is 0 Å². The molecule has 4 rings (SSSR count). The van der Waals surface area contributed by atoms with Gasteiger partial charge in [-0.1, -0.05) is 31.2 Å². The maximum atomic E-state index is 13.1. The van der Waals surface area contributed by atoms with E-state index >= 15 is 0 Å². The molecule has 2 amide bonds. The zero-order valence-corrected chi connectivity index (χ0v) is 18.8. The van der Waals surface area contributed by atoms with Crippen molar-refractivity contribution in [2.45, 2.75) is 38.5 Å². The number of aromatic hydroxyl groups is 2. The number of phenolic OH excluding ortho intramolecular Hbond substituents is 2. The minimum Gasteiger partial charge on any atom is -0.504 e. The van der Waals surface area contributed by atoms with Crippen LogP contribution in [0.4, 0.5) is 5.69 Å². The zero-order valence-electron chi connectivity index (χ0n) is 18.8. The number of hydrogen-bond acceptors (Lipinski definition) is 4. The lowest BCUT2D eigenvalue weighted by atomic mass is 9.94. The number of rotatable bonds is 7. The van der Waals surface area contributed by atoms with Crippen LogP contribution in [-0.4, -0.2) is 28.6 Å². The molecule has 0 radical (unpaired) electrons. The van der Waals surface area contributed by atoms with Gasteiger partial charge < -0.3 is 20.8 Å². The largest absolute Gasteiger partial charge is 0.504 e. The minimum absolute atomic E-state index is 0.0869. The standard InChI is InChI=1S/C27H28N2O4/c1-3-14-28-25(32)19-7-5-18(6-8-19)22-16-21(10-4-17(22)2)29-26(33)27(12-13-27)20-9-11-23(30)24(31)15-20/h4-11,15-16,30-31H,3,12-14H2,1-2H3,(H,28,32)(H,29,33). The van der Waals surface area contributed by atoms with Crippen molar-refractivity contribution in [3.63, 3.8) is 0 Å². The summed E-state index contributed by atoms with van der Waals surface area (Å²) in [5, 5.41) is 25.3. The van der Waals surface area contributed by atoms with E-state index in [9.17, 15) is 19.8 Å². The third kappa shape index (κ3) is 4.55. The van der Waals surface area contributed by atoms with Gasteiger partial charge in [-0.05, 0) is 84.8 Å². The summed E-state index contributed by atoms with van der Waals surface area (Å²) in [6, 6.07) is 17.8. The van der Waals surface area contributed by atoms with Crippen LogP contribution in [-0.2, 0) is 10.2 Å². The highest BCUT2D eigenvalue weighted by Gasteiger charge is 2.51. The van der Waals surface area contributed by atoms with E-state index in [1.807, 2.05) is 56.3 Å². The molecular formula is C27H28N2O4. The third-order valence-corrected chi connectivity index (χ3v) is 6.20. The average molecular weight is 445 g/mol. The van der Waals surface area contributed by atoms with Gasteiger partial charge in [0.2, 0.25) is 5.91 Å². The molecule has 1 saturated carbocycles. The lowest BCUT2D eigenvalue weighted by Gasteiger charge is -2.17. The Hall–Kier alpha value is -3.80. The summed E-state index contributed by atoms with van der Waals surface area (Å²) in [4.78, 5) is 25.3. The Morgan fingerprint density at radius 2 is 1.67 bits per heavy atom. The second kappa shape index (κ2) is 8.98. The van der Waals surface area contributed by atoms with Gasteiger partial charge in [0.15, 0.2) is 11.5 Å². The van der Waals surface area contributed by atoms with Gasteiger partial charge in [0.25, 0.3) is 5.91 Å². The summed E-state index contributed by atoms with van der Waals surface area (Å²) in [6.07, 6.45) is 2.25. The summed E-state index contributed by atoms with van der Waals surface area (Å²) < 4.78 is 0. The minimum atomic E-state index is -0.691. The molecule has 1 fully saturated rings. The van der Waals surface area contributed by atoms with Crippen LogP contribution in [0.2, 0.25) is 0 Å². The smallest absolute Gasteiger partial charge is 0.251 e. The maximum Gasteiger partial charge on any atom is 0.251 e. The van der Waals surface area contributed by atoms with Crippen molar-refractivity contribution in [3.8, 4) is 22.6 Å². The van der Waals surface area contributed by atoms with Crippen molar-refractivity contribution in [1.29, 1.82) is 0 Å². The highest BCUT2D eigenvalue weighted by atomic mass is 16.3. The second-order valence-corrected chi connectivity index (χ2v) is 8.60. The lowest BCUT2D eigenvalue weighted by molar-refractivity contribution is -0.118. The summed E-state index contributed by atoms with van der Waals surface area (Å²) in [6.45, 7) is 4.66. The summed E-state index contributed by atoms with van der Waals surface area (Å²) >= 11 is 0. The Balaban J connectivity index is 1.53. The predicted octanol–water partition coefficient (Wildman–Crippen LogP) is 4.88. The number of carbonyl (C=O) groups is 2. The van der Waals surface area contributed by atoms with E-state index in [4.69, 9.17) is 0 Å². The molecule has 0 aromatic heterocycles. The molecule has 3 aromatic carbocycles. The van der Waals surface area contributed by atoms with Crippen LogP contribution in [0.15, 0.2) is 60.7 Å². The summed E-state index contributed by atoms with van der Waals surface area (Å²) in [7, 11) is 0. The highest BCUT2D eigenvalue weighted by Crippen LogP contribution is 2.50. The van der Waals surface area contributed by atoms with Crippen LogP contribution < -0.4 is 10.6 Å². The Morgan fingerprint density at radius 1 is 0.939 bits per heavy atom. The maximum absolute atomic E-state index is 13.1. The lowest BCUT2D eigenvalue weighted by Crippen LogP contribution is -2.27. The average Bonchev–Trinajstić information content (AvgIpc) is 3.63. The van der Waals surface area contributed by atoms with Crippen LogP contribution in [0.1, 0.15) is 47.7 Å². The Bertz CT molecular complexity index is 1200. The van der Waals surface area contributed by atoms with Gasteiger partial charge in [-0.25, -0.2) is 0 Å². The number of aryl methyl sites for hydroxylation is 1. The Kier molecular flexibility index (Phi) is 6.09. The SMILES string of the molecule is CCCNC(=O)c1ccc(-c2cc(NC(=O)C3(c4ccc(O)c(O)c4)CC3)ccc2C)cc1. The van der Waals surface area contributed by atoms with Gasteiger partial charge in [0.05, 0.1) is 5.41 Å². The molecule has 6 heteroatoms. The van der Waals surface area contributed by atoms with Crippen LogP contribution in [0.5, 0.6) is 11.5 Å². The number of hydrogen-bond donors (Lipinski definition) is 4. The summed E-state index contributed by atoms with van der Waals surface area (Å²) in [5.41, 5.74) is 4.28. The number of amides is 2. The molecule has 3 aromatic rings. The molecular weight excluding hydrogens is 416 g/mol. The first-order valence-electron chi connectivity index (χ1n) is 11.2. The molecule has 170 valence electrons. The fourth-order valence-electron chi connectivity index (χ4n) is 4.00. The number of benzene rings is 3.